The first kappa shape index (κ1) is 29.5. The SMILES string of the molecule is CC(C)C1(OC(=O)C2C3OC4C(OC(=O)C42)C3OC(=O)CCC(=O)OCC(F)C(F)(F)S(=O)(=O)[O-])CCCC1. The van der Waals surface area contributed by atoms with Gasteiger partial charge in [-0.25, -0.2) is 12.8 Å². The molecule has 4 fully saturated rings. The molecular weight excluding hydrogens is 557 g/mol. The Labute approximate surface area is 221 Å². The average Bonchev–Trinajstić information content (AvgIpc) is 3.59. The number of alkyl halides is 3. The number of carbonyl (C=O) groups excluding carboxylic acids is 4. The van der Waals surface area contributed by atoms with E-state index in [4.69, 9.17) is 18.9 Å². The number of esters is 4. The van der Waals surface area contributed by atoms with Gasteiger partial charge >= 0.3 is 29.1 Å². The van der Waals surface area contributed by atoms with Gasteiger partial charge in [-0.05, 0) is 31.6 Å². The Hall–Kier alpha value is -2.46. The minimum Gasteiger partial charge on any atom is -0.743 e. The highest BCUT2D eigenvalue weighted by molar-refractivity contribution is 7.86. The van der Waals surface area contributed by atoms with Gasteiger partial charge in [0.2, 0.25) is 6.17 Å². The van der Waals surface area contributed by atoms with Crippen molar-refractivity contribution in [2.45, 2.75) is 93.8 Å². The lowest BCUT2D eigenvalue weighted by molar-refractivity contribution is -0.177. The first-order valence-electron chi connectivity index (χ1n) is 12.5. The molecule has 4 rings (SSSR count). The van der Waals surface area contributed by atoms with Crippen molar-refractivity contribution < 1.29 is 69.0 Å². The number of ether oxygens (including phenoxy) is 5. The van der Waals surface area contributed by atoms with Crippen LogP contribution in [0, 0.1) is 17.8 Å². The van der Waals surface area contributed by atoms with E-state index in [9.17, 15) is 45.3 Å². The summed E-state index contributed by atoms with van der Waals surface area (Å²) in [5.74, 6) is -5.64. The largest absolute Gasteiger partial charge is 0.743 e. The first-order valence-corrected chi connectivity index (χ1v) is 13.9. The van der Waals surface area contributed by atoms with Crippen molar-refractivity contribution in [2.75, 3.05) is 6.61 Å². The van der Waals surface area contributed by atoms with E-state index in [1.165, 1.54) is 0 Å². The molecule has 0 amide bonds. The summed E-state index contributed by atoms with van der Waals surface area (Å²) in [6.07, 6.45) is -5.92. The fraction of sp³-hybridized carbons (Fsp3) is 0.826. The highest BCUT2D eigenvalue weighted by Gasteiger charge is 2.72. The van der Waals surface area contributed by atoms with Crippen LogP contribution in [0.25, 0.3) is 0 Å². The summed E-state index contributed by atoms with van der Waals surface area (Å²) in [7, 11) is -6.33. The summed E-state index contributed by atoms with van der Waals surface area (Å²) < 4.78 is 97.5. The number of rotatable bonds is 11. The molecule has 4 aliphatic rings. The number of halogens is 3. The van der Waals surface area contributed by atoms with Crippen LogP contribution in [-0.4, -0.2) is 84.9 Å². The van der Waals surface area contributed by atoms with Gasteiger partial charge < -0.3 is 28.2 Å². The zero-order valence-electron chi connectivity index (χ0n) is 21.0. The third kappa shape index (κ3) is 5.34. The molecule has 16 heteroatoms. The molecule has 0 spiro atoms. The van der Waals surface area contributed by atoms with Gasteiger partial charge in [-0.3, -0.25) is 19.2 Å². The summed E-state index contributed by atoms with van der Waals surface area (Å²) in [6, 6.07) is 0. The van der Waals surface area contributed by atoms with E-state index >= 15 is 0 Å². The zero-order valence-corrected chi connectivity index (χ0v) is 21.8. The average molecular weight is 586 g/mol. The second-order valence-electron chi connectivity index (χ2n) is 10.5. The zero-order chi connectivity index (χ0) is 28.9. The molecule has 3 saturated heterocycles. The molecule has 0 aromatic carbocycles. The fourth-order valence-corrected chi connectivity index (χ4v) is 6.07. The highest BCUT2D eigenvalue weighted by Crippen LogP contribution is 2.52. The minimum absolute atomic E-state index is 0.0312. The van der Waals surface area contributed by atoms with Crippen LogP contribution in [-0.2, 0) is 53.0 Å². The van der Waals surface area contributed by atoms with E-state index in [2.05, 4.69) is 4.74 Å². The van der Waals surface area contributed by atoms with Gasteiger partial charge in [0.1, 0.15) is 36.3 Å². The summed E-state index contributed by atoms with van der Waals surface area (Å²) >= 11 is 0. The highest BCUT2D eigenvalue weighted by atomic mass is 32.2. The molecule has 7 atom stereocenters. The Kier molecular flexibility index (Phi) is 7.95. The van der Waals surface area contributed by atoms with Crippen molar-refractivity contribution in [1.82, 2.24) is 0 Å². The smallest absolute Gasteiger partial charge is 0.368 e. The number of hydrogen-bond acceptors (Lipinski definition) is 12. The monoisotopic (exact) mass is 585 g/mol. The van der Waals surface area contributed by atoms with Gasteiger partial charge in [0.25, 0.3) is 0 Å². The minimum atomic E-state index is -6.33. The Morgan fingerprint density at radius 3 is 2.31 bits per heavy atom. The summed E-state index contributed by atoms with van der Waals surface area (Å²) in [5.41, 5.74) is -0.673. The van der Waals surface area contributed by atoms with Gasteiger partial charge in [0.05, 0.1) is 12.8 Å². The van der Waals surface area contributed by atoms with Crippen LogP contribution in [0.5, 0.6) is 0 Å². The van der Waals surface area contributed by atoms with Crippen LogP contribution in [0.3, 0.4) is 0 Å². The molecule has 39 heavy (non-hydrogen) atoms. The van der Waals surface area contributed by atoms with Crippen molar-refractivity contribution in [3.05, 3.63) is 0 Å². The van der Waals surface area contributed by atoms with E-state index < -0.39 is 107 Å². The quantitative estimate of drug-likeness (QED) is 0.193. The molecule has 0 aromatic rings. The molecule has 3 aliphatic heterocycles. The fourth-order valence-electron chi connectivity index (χ4n) is 5.69. The van der Waals surface area contributed by atoms with E-state index in [0.29, 0.717) is 12.8 Å². The molecular formula is C23H28F3O12S-. The predicted molar refractivity (Wildman–Crippen MR) is 117 cm³/mol. The maximum absolute atomic E-state index is 13.4. The molecule has 220 valence electrons. The van der Waals surface area contributed by atoms with Crippen LogP contribution >= 0.6 is 0 Å². The third-order valence-electron chi connectivity index (χ3n) is 7.87. The molecule has 3 heterocycles. The Balaban J connectivity index is 1.33. The van der Waals surface area contributed by atoms with Crippen LogP contribution in [0.1, 0.15) is 52.4 Å². The van der Waals surface area contributed by atoms with Crippen molar-refractivity contribution in [2.24, 2.45) is 17.8 Å². The van der Waals surface area contributed by atoms with Gasteiger partial charge in [0, 0.05) is 0 Å². The van der Waals surface area contributed by atoms with Crippen LogP contribution in [0.2, 0.25) is 0 Å². The second kappa shape index (κ2) is 10.5. The Morgan fingerprint density at radius 2 is 1.72 bits per heavy atom. The molecule has 12 nitrogen and oxygen atoms in total. The molecule has 2 bridgehead atoms. The van der Waals surface area contributed by atoms with Crippen molar-refractivity contribution in [1.29, 1.82) is 0 Å². The molecule has 7 unspecified atom stereocenters. The maximum Gasteiger partial charge on any atom is 0.368 e. The van der Waals surface area contributed by atoms with E-state index in [0.717, 1.165) is 12.8 Å². The first-order chi connectivity index (χ1) is 18.1. The lowest BCUT2D eigenvalue weighted by Crippen LogP contribution is -2.50. The number of carbonyl (C=O) groups is 4. The molecule has 0 N–H and O–H groups in total. The Bertz CT molecular complexity index is 1120. The van der Waals surface area contributed by atoms with Crippen molar-refractivity contribution in [3.8, 4) is 0 Å². The standard InChI is InChI=1S/C23H29F3O12S/c1-10(2)22(7-3-4-8-22)38-21(30)15-14-16-19(37-20(14)29)18(17(15)36-16)35-13(28)6-5-12(27)34-9-11(24)23(25,26)39(31,32)33/h10-11,14-19H,3-9H2,1-2H3,(H,31,32,33)/p-1. The third-order valence-corrected chi connectivity index (χ3v) is 8.79. The van der Waals surface area contributed by atoms with E-state index in [1.54, 1.807) is 0 Å². The topological polar surface area (TPSA) is 172 Å². The second-order valence-corrected chi connectivity index (χ2v) is 11.9. The number of fused-ring (bicyclic) bond motifs is 1. The van der Waals surface area contributed by atoms with E-state index in [1.807, 2.05) is 13.8 Å². The van der Waals surface area contributed by atoms with Gasteiger partial charge in [0.15, 0.2) is 22.3 Å². The summed E-state index contributed by atoms with van der Waals surface area (Å²) in [4.78, 5) is 49.9. The van der Waals surface area contributed by atoms with Gasteiger partial charge in [-0.2, -0.15) is 8.78 Å². The van der Waals surface area contributed by atoms with Crippen molar-refractivity contribution in [3.63, 3.8) is 0 Å². The van der Waals surface area contributed by atoms with E-state index in [-0.39, 0.29) is 5.92 Å². The van der Waals surface area contributed by atoms with Crippen LogP contribution in [0.15, 0.2) is 0 Å². The maximum atomic E-state index is 13.4. The molecule has 0 aromatic heterocycles. The van der Waals surface area contributed by atoms with Crippen LogP contribution < -0.4 is 0 Å². The summed E-state index contributed by atoms with van der Waals surface area (Å²) in [5, 5.41) is -5.31. The Morgan fingerprint density at radius 1 is 1.10 bits per heavy atom. The van der Waals surface area contributed by atoms with Crippen LogP contribution in [0.4, 0.5) is 13.2 Å². The van der Waals surface area contributed by atoms with Gasteiger partial charge in [-0.1, -0.05) is 13.8 Å². The molecule has 0 radical (unpaired) electrons. The molecule has 1 aliphatic carbocycles. The van der Waals surface area contributed by atoms with Crippen molar-refractivity contribution >= 4 is 34.0 Å². The normalized spacial score (nSPS) is 31.7. The lowest BCUT2D eigenvalue weighted by atomic mass is 9.78. The predicted octanol–water partition coefficient (Wildman–Crippen LogP) is 1.15. The number of hydrogen-bond donors (Lipinski definition) is 0. The molecule has 1 saturated carbocycles. The lowest BCUT2D eigenvalue weighted by Gasteiger charge is -2.36. The summed E-state index contributed by atoms with van der Waals surface area (Å²) in [6.45, 7) is 2.15. The van der Waals surface area contributed by atoms with Gasteiger partial charge in [-0.15, -0.1) is 0 Å².